The van der Waals surface area contributed by atoms with Gasteiger partial charge in [0.25, 0.3) is 5.91 Å². The largest absolute Gasteiger partial charge is 0.480 e. The molecule has 8 heteroatoms. The second-order valence-electron chi connectivity index (χ2n) is 7.37. The minimum atomic E-state index is -0.908. The lowest BCUT2D eigenvalue weighted by Gasteiger charge is -2.15. The highest BCUT2D eigenvalue weighted by Crippen LogP contribution is 2.40. The fourth-order valence-electron chi connectivity index (χ4n) is 3.64. The van der Waals surface area contributed by atoms with Gasteiger partial charge in [0.2, 0.25) is 5.78 Å². The van der Waals surface area contributed by atoms with Crippen LogP contribution in [0.2, 0.25) is 10.0 Å². The van der Waals surface area contributed by atoms with Crippen molar-refractivity contribution in [2.45, 2.75) is 12.1 Å². The first-order valence-electron chi connectivity index (χ1n) is 9.94. The SMILES string of the molecule is NC1c2ccc(-c3cccc(C(=O)NCCO)c3)cc2OC1C(=O)c1ccc(Cl)cc1Cl. The molecule has 0 radical (unpaired) electrons. The quantitative estimate of drug-likeness (QED) is 0.472. The molecule has 1 aliphatic rings. The summed E-state index contributed by atoms with van der Waals surface area (Å²) in [6.45, 7) is 0.0512. The van der Waals surface area contributed by atoms with E-state index in [4.69, 9.17) is 38.8 Å². The summed E-state index contributed by atoms with van der Waals surface area (Å²) < 4.78 is 5.94. The Bertz CT molecular complexity index is 1200. The van der Waals surface area contributed by atoms with Crippen LogP contribution in [0.1, 0.15) is 32.3 Å². The lowest BCUT2D eigenvalue weighted by Crippen LogP contribution is -2.33. The van der Waals surface area contributed by atoms with Crippen molar-refractivity contribution in [1.82, 2.24) is 5.32 Å². The van der Waals surface area contributed by atoms with Crippen LogP contribution in [0.4, 0.5) is 0 Å². The number of nitrogens with two attached hydrogens (primary N) is 1. The van der Waals surface area contributed by atoms with Gasteiger partial charge in [-0.25, -0.2) is 0 Å². The number of ketones is 1. The highest BCUT2D eigenvalue weighted by atomic mass is 35.5. The molecule has 4 N–H and O–H groups in total. The van der Waals surface area contributed by atoms with Gasteiger partial charge < -0.3 is 20.9 Å². The van der Waals surface area contributed by atoms with Crippen molar-refractivity contribution in [3.05, 3.63) is 87.4 Å². The van der Waals surface area contributed by atoms with Crippen molar-refractivity contribution in [2.75, 3.05) is 13.2 Å². The Hall–Kier alpha value is -2.90. The van der Waals surface area contributed by atoms with Gasteiger partial charge in [0.05, 0.1) is 17.7 Å². The van der Waals surface area contributed by atoms with Gasteiger partial charge in [0.15, 0.2) is 6.10 Å². The molecule has 164 valence electrons. The fraction of sp³-hybridized carbons (Fsp3) is 0.167. The van der Waals surface area contributed by atoms with Crippen LogP contribution in [0.25, 0.3) is 11.1 Å². The summed E-state index contributed by atoms with van der Waals surface area (Å²) in [6, 6.07) is 16.6. The molecular weight excluding hydrogens is 451 g/mol. The minimum Gasteiger partial charge on any atom is -0.480 e. The van der Waals surface area contributed by atoms with Crippen molar-refractivity contribution < 1.29 is 19.4 Å². The third-order valence-electron chi connectivity index (χ3n) is 5.26. The first kappa shape index (κ1) is 22.3. The number of rotatable bonds is 6. The van der Waals surface area contributed by atoms with Crippen LogP contribution in [-0.2, 0) is 0 Å². The van der Waals surface area contributed by atoms with Gasteiger partial charge in [-0.1, -0.05) is 47.5 Å². The van der Waals surface area contributed by atoms with E-state index in [1.807, 2.05) is 18.2 Å². The number of fused-ring (bicyclic) bond motifs is 1. The number of carbonyl (C=O) groups excluding carboxylic acids is 2. The molecule has 0 saturated carbocycles. The van der Waals surface area contributed by atoms with E-state index >= 15 is 0 Å². The van der Waals surface area contributed by atoms with Gasteiger partial charge in [-0.05, 0) is 47.5 Å². The molecule has 32 heavy (non-hydrogen) atoms. The Morgan fingerprint density at radius 3 is 2.56 bits per heavy atom. The summed E-state index contributed by atoms with van der Waals surface area (Å²) in [4.78, 5) is 25.2. The summed E-state index contributed by atoms with van der Waals surface area (Å²) >= 11 is 12.1. The summed E-state index contributed by atoms with van der Waals surface area (Å²) in [5.74, 6) is -0.0844. The Labute approximate surface area is 194 Å². The second kappa shape index (κ2) is 9.30. The molecule has 0 fully saturated rings. The molecule has 1 amide bonds. The molecule has 3 aromatic carbocycles. The fourth-order valence-corrected chi connectivity index (χ4v) is 4.14. The molecular formula is C24H20Cl2N2O4. The van der Waals surface area contributed by atoms with Crippen LogP contribution < -0.4 is 15.8 Å². The zero-order valence-electron chi connectivity index (χ0n) is 16.8. The van der Waals surface area contributed by atoms with Crippen LogP contribution in [0.3, 0.4) is 0 Å². The number of hydrogen-bond donors (Lipinski definition) is 3. The number of Topliss-reactive ketones (excluding diaryl/α,β-unsaturated/α-hetero) is 1. The maximum absolute atomic E-state index is 13.0. The molecule has 1 heterocycles. The lowest BCUT2D eigenvalue weighted by atomic mass is 9.95. The monoisotopic (exact) mass is 470 g/mol. The van der Waals surface area contributed by atoms with Crippen molar-refractivity contribution in [2.24, 2.45) is 5.73 Å². The minimum absolute atomic E-state index is 0.130. The van der Waals surface area contributed by atoms with Gasteiger partial charge in [-0.3, -0.25) is 9.59 Å². The first-order valence-corrected chi connectivity index (χ1v) is 10.7. The molecule has 0 aromatic heterocycles. The standard InChI is InChI=1S/C24H20Cl2N2O4/c25-16-5-7-17(19(26)12-16)22(30)23-21(27)18-6-4-14(11-20(18)32-23)13-2-1-3-15(10-13)24(31)28-8-9-29/h1-7,10-12,21,23,29H,8-9,27H2,(H,28,31). The van der Waals surface area contributed by atoms with Crippen molar-refractivity contribution >= 4 is 34.9 Å². The second-order valence-corrected chi connectivity index (χ2v) is 8.21. The number of benzene rings is 3. The first-order chi connectivity index (χ1) is 15.4. The molecule has 3 aromatic rings. The molecule has 6 nitrogen and oxygen atoms in total. The normalized spacial score (nSPS) is 16.9. The lowest BCUT2D eigenvalue weighted by molar-refractivity contribution is 0.0794. The van der Waals surface area contributed by atoms with E-state index in [2.05, 4.69) is 5.32 Å². The third kappa shape index (κ3) is 4.36. The predicted molar refractivity (Wildman–Crippen MR) is 123 cm³/mol. The topological polar surface area (TPSA) is 102 Å². The number of halogens is 2. The van der Waals surface area contributed by atoms with Crippen molar-refractivity contribution in [3.8, 4) is 16.9 Å². The highest BCUT2D eigenvalue weighted by Gasteiger charge is 2.38. The molecule has 0 aliphatic carbocycles. The number of carbonyl (C=O) groups is 2. The van der Waals surface area contributed by atoms with Crippen LogP contribution in [-0.4, -0.2) is 36.1 Å². The van der Waals surface area contributed by atoms with Crippen molar-refractivity contribution in [3.63, 3.8) is 0 Å². The Balaban J connectivity index is 1.59. The highest BCUT2D eigenvalue weighted by molar-refractivity contribution is 6.37. The molecule has 2 unspecified atom stereocenters. The molecule has 0 spiro atoms. The van der Waals surface area contributed by atoms with Gasteiger partial charge >= 0.3 is 0 Å². The van der Waals surface area contributed by atoms with E-state index in [0.717, 1.165) is 11.1 Å². The number of aliphatic hydroxyl groups excluding tert-OH is 1. The maximum atomic E-state index is 13.0. The van der Waals surface area contributed by atoms with E-state index in [-0.39, 0.29) is 29.9 Å². The van der Waals surface area contributed by atoms with Crippen molar-refractivity contribution in [1.29, 1.82) is 0 Å². The zero-order valence-corrected chi connectivity index (χ0v) is 18.4. The Morgan fingerprint density at radius 1 is 1.03 bits per heavy atom. The average molecular weight is 471 g/mol. The number of nitrogens with one attached hydrogen (secondary N) is 1. The predicted octanol–water partition coefficient (Wildman–Crippen LogP) is 4.03. The number of hydrogen-bond acceptors (Lipinski definition) is 5. The van der Waals surface area contributed by atoms with E-state index < -0.39 is 12.1 Å². The van der Waals surface area contributed by atoms with E-state index in [9.17, 15) is 9.59 Å². The maximum Gasteiger partial charge on any atom is 0.251 e. The molecule has 0 bridgehead atoms. The van der Waals surface area contributed by atoms with Gasteiger partial charge in [0, 0.05) is 28.3 Å². The summed E-state index contributed by atoms with van der Waals surface area (Å²) in [5, 5.41) is 12.2. The molecule has 0 saturated heterocycles. The molecule has 1 aliphatic heterocycles. The summed E-state index contributed by atoms with van der Waals surface area (Å²) in [6.07, 6.45) is -0.908. The summed E-state index contributed by atoms with van der Waals surface area (Å²) in [7, 11) is 0. The van der Waals surface area contributed by atoms with Crippen LogP contribution in [0, 0.1) is 0 Å². The van der Waals surface area contributed by atoms with Crippen LogP contribution in [0.15, 0.2) is 60.7 Å². The Morgan fingerprint density at radius 2 is 1.81 bits per heavy atom. The number of aliphatic hydroxyl groups is 1. The van der Waals surface area contributed by atoms with Gasteiger partial charge in [-0.2, -0.15) is 0 Å². The Kier molecular flexibility index (Phi) is 6.48. The average Bonchev–Trinajstić information content (AvgIpc) is 3.13. The number of amides is 1. The van der Waals surface area contributed by atoms with Gasteiger partial charge in [-0.15, -0.1) is 0 Å². The van der Waals surface area contributed by atoms with E-state index in [0.29, 0.717) is 27.5 Å². The van der Waals surface area contributed by atoms with Gasteiger partial charge in [0.1, 0.15) is 5.75 Å². The van der Waals surface area contributed by atoms with Crippen LogP contribution in [0.5, 0.6) is 5.75 Å². The zero-order chi connectivity index (χ0) is 22.8. The van der Waals surface area contributed by atoms with E-state index in [1.54, 1.807) is 36.4 Å². The molecule has 4 rings (SSSR count). The smallest absolute Gasteiger partial charge is 0.251 e. The van der Waals surface area contributed by atoms with Crippen LogP contribution >= 0.6 is 23.2 Å². The van der Waals surface area contributed by atoms with E-state index in [1.165, 1.54) is 6.07 Å². The molecule has 2 atom stereocenters. The number of ether oxygens (including phenoxy) is 1. The summed E-state index contributed by atoms with van der Waals surface area (Å²) in [5.41, 5.74) is 9.42. The third-order valence-corrected chi connectivity index (χ3v) is 5.81.